The predicted molar refractivity (Wildman–Crippen MR) is 85.1 cm³/mol. The number of ether oxygens (including phenoxy) is 1. The molecular weight excluding hydrogens is 281 g/mol. The number of rotatable bonds is 8. The van der Waals surface area contributed by atoms with Gasteiger partial charge in [0.15, 0.2) is 0 Å². The molecule has 22 heavy (non-hydrogen) atoms. The molecule has 0 aromatic heterocycles. The third-order valence-electron chi connectivity index (χ3n) is 3.38. The van der Waals surface area contributed by atoms with Gasteiger partial charge in [0.25, 0.3) is 0 Å². The van der Waals surface area contributed by atoms with E-state index in [1.807, 2.05) is 31.2 Å². The van der Waals surface area contributed by atoms with Crippen LogP contribution in [0.4, 0.5) is 4.39 Å². The Morgan fingerprint density at radius 1 is 1.18 bits per heavy atom. The van der Waals surface area contributed by atoms with Gasteiger partial charge >= 0.3 is 0 Å². The number of hydrogen-bond donors (Lipinski definition) is 2. The summed E-state index contributed by atoms with van der Waals surface area (Å²) in [5.41, 5.74) is 1.64. The maximum atomic E-state index is 13.5. The van der Waals surface area contributed by atoms with Crippen LogP contribution in [-0.2, 0) is 13.2 Å². The second kappa shape index (κ2) is 8.51. The van der Waals surface area contributed by atoms with Crippen LogP contribution >= 0.6 is 0 Å². The maximum absolute atomic E-state index is 13.5. The zero-order chi connectivity index (χ0) is 15.8. The lowest BCUT2D eigenvalue weighted by Gasteiger charge is -2.11. The van der Waals surface area contributed by atoms with E-state index in [0.717, 1.165) is 17.9 Å². The third kappa shape index (κ3) is 5.13. The molecule has 0 radical (unpaired) electrons. The van der Waals surface area contributed by atoms with Crippen molar-refractivity contribution in [3.05, 3.63) is 65.5 Å². The van der Waals surface area contributed by atoms with Gasteiger partial charge in [-0.25, -0.2) is 4.39 Å². The first kappa shape index (κ1) is 16.5. The van der Waals surface area contributed by atoms with Gasteiger partial charge in [-0.15, -0.1) is 0 Å². The molecule has 2 N–H and O–H groups in total. The molecule has 0 fully saturated rings. The van der Waals surface area contributed by atoms with E-state index in [1.54, 1.807) is 18.2 Å². The lowest BCUT2D eigenvalue weighted by Crippen LogP contribution is -2.22. The lowest BCUT2D eigenvalue weighted by molar-refractivity contribution is 0.233. The van der Waals surface area contributed by atoms with Gasteiger partial charge in [0.1, 0.15) is 18.2 Å². The van der Waals surface area contributed by atoms with Crippen molar-refractivity contribution in [3.63, 3.8) is 0 Å². The van der Waals surface area contributed by atoms with Gasteiger partial charge in [0.05, 0.1) is 0 Å². The summed E-state index contributed by atoms with van der Waals surface area (Å²) in [6.45, 7) is 3.85. The molecule has 1 unspecified atom stereocenters. The number of benzene rings is 2. The Morgan fingerprint density at radius 3 is 2.77 bits per heavy atom. The highest BCUT2D eigenvalue weighted by atomic mass is 19.1. The number of hydrogen-bond acceptors (Lipinski definition) is 3. The molecule has 3 nitrogen and oxygen atoms in total. The summed E-state index contributed by atoms with van der Waals surface area (Å²) in [6.07, 6.45) is 0. The first-order valence-corrected chi connectivity index (χ1v) is 7.45. The van der Waals surface area contributed by atoms with Crippen LogP contribution in [-0.4, -0.2) is 18.3 Å². The fourth-order valence-electron chi connectivity index (χ4n) is 2.05. The molecule has 2 rings (SSSR count). The summed E-state index contributed by atoms with van der Waals surface area (Å²) >= 11 is 0. The van der Waals surface area contributed by atoms with Gasteiger partial charge in [0, 0.05) is 25.3 Å². The van der Waals surface area contributed by atoms with E-state index >= 15 is 0 Å². The number of aliphatic hydroxyl groups excluding tert-OH is 1. The van der Waals surface area contributed by atoms with E-state index in [1.165, 1.54) is 6.07 Å². The van der Waals surface area contributed by atoms with E-state index in [4.69, 9.17) is 9.84 Å². The molecule has 0 aliphatic heterocycles. The molecule has 0 aliphatic rings. The quantitative estimate of drug-likeness (QED) is 0.787. The fraction of sp³-hybridized carbons (Fsp3) is 0.333. The van der Waals surface area contributed by atoms with Crippen molar-refractivity contribution >= 4 is 0 Å². The van der Waals surface area contributed by atoms with Crippen molar-refractivity contribution in [2.45, 2.75) is 20.1 Å². The van der Waals surface area contributed by atoms with Gasteiger partial charge in [-0.05, 0) is 29.7 Å². The Bertz CT molecular complexity index is 589. The van der Waals surface area contributed by atoms with Gasteiger partial charge in [0.2, 0.25) is 0 Å². The van der Waals surface area contributed by atoms with Crippen molar-refractivity contribution in [3.8, 4) is 5.75 Å². The van der Waals surface area contributed by atoms with Crippen molar-refractivity contribution < 1.29 is 14.2 Å². The summed E-state index contributed by atoms with van der Waals surface area (Å²) in [5.74, 6) is 0.705. The molecule has 0 saturated heterocycles. The fourth-order valence-corrected chi connectivity index (χ4v) is 2.05. The Hall–Kier alpha value is -1.91. The topological polar surface area (TPSA) is 41.5 Å². The largest absolute Gasteiger partial charge is 0.489 e. The first-order chi connectivity index (χ1) is 10.7. The van der Waals surface area contributed by atoms with Crippen LogP contribution in [0.1, 0.15) is 18.1 Å². The number of nitrogens with one attached hydrogen (secondary N) is 1. The summed E-state index contributed by atoms with van der Waals surface area (Å²) in [4.78, 5) is 0. The van der Waals surface area contributed by atoms with Crippen LogP contribution in [0.25, 0.3) is 0 Å². The van der Waals surface area contributed by atoms with E-state index in [2.05, 4.69) is 5.32 Å². The second-order valence-corrected chi connectivity index (χ2v) is 5.45. The Balaban J connectivity index is 1.87. The Morgan fingerprint density at radius 2 is 2.00 bits per heavy atom. The SMILES string of the molecule is CC(CO)CNCc1cccc(OCc2ccccc2F)c1. The Kier molecular flexibility index (Phi) is 6.37. The zero-order valence-electron chi connectivity index (χ0n) is 12.8. The standard InChI is InChI=1S/C18H22FNO2/c1-14(12-21)10-20-11-15-5-4-7-17(9-15)22-13-16-6-2-3-8-18(16)19/h2-9,14,20-21H,10-13H2,1H3. The molecule has 0 amide bonds. The smallest absolute Gasteiger partial charge is 0.129 e. The van der Waals surface area contributed by atoms with Crippen LogP contribution in [0.2, 0.25) is 0 Å². The molecule has 1 atom stereocenters. The number of aliphatic hydroxyl groups is 1. The highest BCUT2D eigenvalue weighted by Gasteiger charge is 2.03. The van der Waals surface area contributed by atoms with Crippen LogP contribution in [0, 0.1) is 11.7 Å². The van der Waals surface area contributed by atoms with E-state index in [0.29, 0.717) is 12.1 Å². The summed E-state index contributed by atoms with van der Waals surface area (Å²) in [7, 11) is 0. The summed E-state index contributed by atoms with van der Waals surface area (Å²) in [6, 6.07) is 14.3. The average molecular weight is 303 g/mol. The normalized spacial score (nSPS) is 12.1. The average Bonchev–Trinajstić information content (AvgIpc) is 2.54. The molecule has 0 heterocycles. The van der Waals surface area contributed by atoms with E-state index in [-0.39, 0.29) is 24.9 Å². The molecule has 0 saturated carbocycles. The van der Waals surface area contributed by atoms with Gasteiger partial charge in [-0.1, -0.05) is 37.3 Å². The van der Waals surface area contributed by atoms with Crippen LogP contribution in [0.5, 0.6) is 5.75 Å². The lowest BCUT2D eigenvalue weighted by atomic mass is 10.1. The highest BCUT2D eigenvalue weighted by molar-refractivity contribution is 5.29. The van der Waals surface area contributed by atoms with Crippen LogP contribution in [0.3, 0.4) is 0 Å². The highest BCUT2D eigenvalue weighted by Crippen LogP contribution is 2.16. The van der Waals surface area contributed by atoms with Gasteiger partial charge in [-0.2, -0.15) is 0 Å². The van der Waals surface area contributed by atoms with Crippen molar-refractivity contribution in [2.75, 3.05) is 13.2 Å². The molecule has 0 aliphatic carbocycles. The molecule has 2 aromatic carbocycles. The summed E-state index contributed by atoms with van der Waals surface area (Å²) in [5, 5.41) is 12.3. The minimum atomic E-state index is -0.252. The van der Waals surface area contributed by atoms with Crippen molar-refractivity contribution in [1.29, 1.82) is 0 Å². The molecule has 2 aromatic rings. The maximum Gasteiger partial charge on any atom is 0.129 e. The molecule has 118 valence electrons. The van der Waals surface area contributed by atoms with Crippen molar-refractivity contribution in [1.82, 2.24) is 5.32 Å². The molecule has 0 bridgehead atoms. The summed E-state index contributed by atoms with van der Waals surface area (Å²) < 4.78 is 19.2. The molecule has 0 spiro atoms. The predicted octanol–water partition coefficient (Wildman–Crippen LogP) is 3.12. The molecular formula is C18H22FNO2. The van der Waals surface area contributed by atoms with E-state index in [9.17, 15) is 4.39 Å². The van der Waals surface area contributed by atoms with Crippen molar-refractivity contribution in [2.24, 2.45) is 5.92 Å². The minimum absolute atomic E-state index is 0.179. The third-order valence-corrected chi connectivity index (χ3v) is 3.38. The monoisotopic (exact) mass is 303 g/mol. The van der Waals surface area contributed by atoms with Crippen LogP contribution < -0.4 is 10.1 Å². The second-order valence-electron chi connectivity index (χ2n) is 5.45. The zero-order valence-corrected chi connectivity index (χ0v) is 12.8. The Labute approximate surface area is 130 Å². The van der Waals surface area contributed by atoms with Gasteiger partial charge < -0.3 is 15.2 Å². The van der Waals surface area contributed by atoms with E-state index < -0.39 is 0 Å². The first-order valence-electron chi connectivity index (χ1n) is 7.45. The minimum Gasteiger partial charge on any atom is -0.489 e. The number of halogens is 1. The molecule has 4 heteroatoms. The van der Waals surface area contributed by atoms with Gasteiger partial charge in [-0.3, -0.25) is 0 Å². The van der Waals surface area contributed by atoms with Crippen LogP contribution in [0.15, 0.2) is 48.5 Å².